The summed E-state index contributed by atoms with van der Waals surface area (Å²) in [5.74, 6) is -0.242. The maximum atomic E-state index is 13.6. The molecular formula is C30H26FN3O2. The van der Waals surface area contributed by atoms with Crippen molar-refractivity contribution < 1.29 is 13.9 Å². The molecule has 180 valence electrons. The minimum atomic E-state index is -0.263. The molecule has 0 spiro atoms. The largest absolute Gasteiger partial charge is 0.378 e. The zero-order valence-corrected chi connectivity index (χ0v) is 19.8. The Kier molecular flexibility index (Phi) is 5.95. The Morgan fingerprint density at radius 1 is 0.861 bits per heavy atom. The number of ether oxygens (including phenoxy) is 1. The van der Waals surface area contributed by atoms with Gasteiger partial charge in [-0.1, -0.05) is 48.5 Å². The number of halogens is 1. The number of fused-ring (bicyclic) bond motifs is 1. The van der Waals surface area contributed by atoms with Crippen LogP contribution in [0, 0.1) is 5.82 Å². The molecule has 1 amide bonds. The van der Waals surface area contributed by atoms with Crippen LogP contribution in [-0.4, -0.2) is 42.8 Å². The predicted molar refractivity (Wildman–Crippen MR) is 140 cm³/mol. The van der Waals surface area contributed by atoms with Crippen LogP contribution in [0.1, 0.15) is 33.9 Å². The van der Waals surface area contributed by atoms with E-state index in [1.54, 1.807) is 12.1 Å². The average molecular weight is 480 g/mol. The van der Waals surface area contributed by atoms with Crippen LogP contribution in [0.25, 0.3) is 10.8 Å². The Balaban J connectivity index is 1.34. The number of anilines is 1. The maximum absolute atomic E-state index is 13.6. The van der Waals surface area contributed by atoms with E-state index >= 15 is 0 Å². The Bertz CT molecular complexity index is 1430. The molecule has 0 N–H and O–H groups in total. The predicted octanol–water partition coefficient (Wildman–Crippen LogP) is 5.81. The standard InChI is InChI=1S/C30H26FN3O2/c31-26-11-7-22(8-12-26)28-20-29(25-6-5-21-3-1-2-4-24(21)19-25)34(32-28)27-13-9-23(10-14-27)30(35)33-15-17-36-18-16-33/h1-14,19,29H,15-18,20H2. The van der Waals surface area contributed by atoms with E-state index in [2.05, 4.69) is 30.3 Å². The monoisotopic (exact) mass is 479 g/mol. The van der Waals surface area contributed by atoms with Gasteiger partial charge in [0.2, 0.25) is 0 Å². The summed E-state index contributed by atoms with van der Waals surface area (Å²) in [7, 11) is 0. The number of rotatable bonds is 4. The highest BCUT2D eigenvalue weighted by Crippen LogP contribution is 2.38. The van der Waals surface area contributed by atoms with E-state index in [0.29, 0.717) is 38.3 Å². The van der Waals surface area contributed by atoms with Crippen LogP contribution < -0.4 is 5.01 Å². The second-order valence-corrected chi connectivity index (χ2v) is 9.18. The van der Waals surface area contributed by atoms with E-state index in [9.17, 15) is 9.18 Å². The first kappa shape index (κ1) is 22.4. The number of hydrogen-bond donors (Lipinski definition) is 0. The summed E-state index contributed by atoms with van der Waals surface area (Å²) in [6.07, 6.45) is 0.693. The molecule has 2 aliphatic rings. The van der Waals surface area contributed by atoms with Gasteiger partial charge < -0.3 is 9.64 Å². The second-order valence-electron chi connectivity index (χ2n) is 9.18. The van der Waals surface area contributed by atoms with Crippen molar-refractivity contribution in [1.29, 1.82) is 0 Å². The van der Waals surface area contributed by atoms with Crippen LogP contribution in [-0.2, 0) is 4.74 Å². The summed E-state index contributed by atoms with van der Waals surface area (Å²) < 4.78 is 18.9. The molecule has 1 atom stereocenters. The fourth-order valence-corrected chi connectivity index (χ4v) is 4.95. The van der Waals surface area contributed by atoms with Crippen molar-refractivity contribution in [2.75, 3.05) is 31.3 Å². The van der Waals surface area contributed by atoms with Crippen molar-refractivity contribution >= 4 is 28.1 Å². The average Bonchev–Trinajstić information content (AvgIpc) is 3.39. The molecule has 4 aromatic rings. The van der Waals surface area contributed by atoms with E-state index < -0.39 is 0 Å². The smallest absolute Gasteiger partial charge is 0.254 e. The third-order valence-electron chi connectivity index (χ3n) is 6.92. The van der Waals surface area contributed by atoms with Gasteiger partial charge in [-0.15, -0.1) is 0 Å². The lowest BCUT2D eigenvalue weighted by molar-refractivity contribution is 0.0303. The number of carbonyl (C=O) groups is 1. The van der Waals surface area contributed by atoms with Gasteiger partial charge in [0, 0.05) is 25.1 Å². The van der Waals surface area contributed by atoms with Crippen LogP contribution in [0.2, 0.25) is 0 Å². The molecule has 5 nitrogen and oxygen atoms in total. The van der Waals surface area contributed by atoms with E-state index in [1.807, 2.05) is 46.3 Å². The summed E-state index contributed by atoms with van der Waals surface area (Å²) in [6, 6.07) is 29.0. The number of amides is 1. The van der Waals surface area contributed by atoms with E-state index in [-0.39, 0.29) is 17.8 Å². The van der Waals surface area contributed by atoms with Crippen molar-refractivity contribution in [3.05, 3.63) is 114 Å². The van der Waals surface area contributed by atoms with Gasteiger partial charge in [0.05, 0.1) is 30.7 Å². The molecule has 1 fully saturated rings. The van der Waals surface area contributed by atoms with Crippen molar-refractivity contribution in [1.82, 2.24) is 4.90 Å². The maximum Gasteiger partial charge on any atom is 0.254 e. The number of morpholine rings is 1. The van der Waals surface area contributed by atoms with Gasteiger partial charge in [-0.05, 0) is 64.4 Å². The van der Waals surface area contributed by atoms with Crippen LogP contribution in [0.15, 0.2) is 96.1 Å². The molecule has 0 aliphatic carbocycles. The van der Waals surface area contributed by atoms with Crippen molar-refractivity contribution in [2.24, 2.45) is 5.10 Å². The number of benzene rings is 4. The summed E-state index contributed by atoms with van der Waals surface area (Å²) in [5.41, 5.74) is 4.53. The number of hydrazone groups is 1. The molecule has 0 saturated carbocycles. The molecule has 6 heteroatoms. The van der Waals surface area contributed by atoms with Gasteiger partial charge in [-0.3, -0.25) is 9.80 Å². The quantitative estimate of drug-likeness (QED) is 0.371. The third kappa shape index (κ3) is 4.36. The molecule has 1 saturated heterocycles. The Morgan fingerprint density at radius 2 is 1.58 bits per heavy atom. The summed E-state index contributed by atoms with van der Waals surface area (Å²) in [6.45, 7) is 2.38. The van der Waals surface area contributed by atoms with Crippen LogP contribution in [0.4, 0.5) is 10.1 Å². The van der Waals surface area contributed by atoms with Crippen molar-refractivity contribution in [3.8, 4) is 0 Å². The highest BCUT2D eigenvalue weighted by Gasteiger charge is 2.30. The normalized spacial score (nSPS) is 17.9. The SMILES string of the molecule is O=C(c1ccc(N2N=C(c3ccc(F)cc3)CC2c2ccc3ccccc3c2)cc1)N1CCOCC1. The molecule has 0 aromatic heterocycles. The van der Waals surface area contributed by atoms with Gasteiger partial charge >= 0.3 is 0 Å². The van der Waals surface area contributed by atoms with E-state index in [4.69, 9.17) is 9.84 Å². The van der Waals surface area contributed by atoms with Crippen LogP contribution >= 0.6 is 0 Å². The van der Waals surface area contributed by atoms with E-state index in [0.717, 1.165) is 22.5 Å². The highest BCUT2D eigenvalue weighted by molar-refractivity contribution is 6.03. The fraction of sp³-hybridized carbons (Fsp3) is 0.200. The molecule has 2 heterocycles. The number of hydrogen-bond acceptors (Lipinski definition) is 4. The van der Waals surface area contributed by atoms with Crippen molar-refractivity contribution in [2.45, 2.75) is 12.5 Å². The summed E-state index contributed by atoms with van der Waals surface area (Å²) in [4.78, 5) is 14.7. The van der Waals surface area contributed by atoms with Gasteiger partial charge in [-0.2, -0.15) is 5.10 Å². The Hall–Kier alpha value is -4.03. The van der Waals surface area contributed by atoms with Crippen LogP contribution in [0.5, 0.6) is 0 Å². The first-order chi connectivity index (χ1) is 17.7. The second kappa shape index (κ2) is 9.55. The topological polar surface area (TPSA) is 45.1 Å². The molecule has 0 bridgehead atoms. The molecule has 36 heavy (non-hydrogen) atoms. The first-order valence-corrected chi connectivity index (χ1v) is 12.2. The molecular weight excluding hydrogens is 453 g/mol. The summed E-state index contributed by atoms with van der Waals surface area (Å²) in [5, 5.41) is 9.36. The zero-order chi connectivity index (χ0) is 24.5. The lowest BCUT2D eigenvalue weighted by Crippen LogP contribution is -2.40. The van der Waals surface area contributed by atoms with Gasteiger partial charge in [0.15, 0.2) is 0 Å². The number of carbonyl (C=O) groups excluding carboxylic acids is 1. The Morgan fingerprint density at radius 3 is 2.33 bits per heavy atom. The third-order valence-corrected chi connectivity index (χ3v) is 6.92. The zero-order valence-electron chi connectivity index (χ0n) is 19.8. The van der Waals surface area contributed by atoms with Gasteiger partial charge in [-0.25, -0.2) is 4.39 Å². The minimum Gasteiger partial charge on any atom is -0.378 e. The molecule has 6 rings (SSSR count). The summed E-state index contributed by atoms with van der Waals surface area (Å²) >= 11 is 0. The van der Waals surface area contributed by atoms with Crippen molar-refractivity contribution in [3.63, 3.8) is 0 Å². The number of nitrogens with zero attached hydrogens (tertiary/aromatic N) is 3. The molecule has 1 unspecified atom stereocenters. The lowest BCUT2D eigenvalue weighted by Gasteiger charge is -2.27. The molecule has 4 aromatic carbocycles. The van der Waals surface area contributed by atoms with E-state index in [1.165, 1.54) is 22.9 Å². The fourth-order valence-electron chi connectivity index (χ4n) is 4.95. The lowest BCUT2D eigenvalue weighted by atomic mass is 9.96. The highest BCUT2D eigenvalue weighted by atomic mass is 19.1. The van der Waals surface area contributed by atoms with Gasteiger partial charge in [0.1, 0.15) is 5.82 Å². The first-order valence-electron chi connectivity index (χ1n) is 12.2. The minimum absolute atomic E-state index is 0.0181. The van der Waals surface area contributed by atoms with Gasteiger partial charge in [0.25, 0.3) is 5.91 Å². The molecule has 0 radical (unpaired) electrons. The molecule has 2 aliphatic heterocycles. The van der Waals surface area contributed by atoms with Crippen LogP contribution in [0.3, 0.4) is 0 Å². The Labute approximate surface area is 209 Å².